The lowest BCUT2D eigenvalue weighted by molar-refractivity contribution is 0.167. The van der Waals surface area contributed by atoms with Gasteiger partial charge >= 0.3 is 0 Å². The fourth-order valence-corrected chi connectivity index (χ4v) is 2.90. The van der Waals surface area contributed by atoms with Crippen LogP contribution in [0.3, 0.4) is 0 Å². The van der Waals surface area contributed by atoms with E-state index in [1.54, 1.807) is 0 Å². The van der Waals surface area contributed by atoms with Crippen LogP contribution in [0.5, 0.6) is 5.75 Å². The van der Waals surface area contributed by atoms with Gasteiger partial charge in [0.1, 0.15) is 5.75 Å². The molecule has 16 heavy (non-hydrogen) atoms. The molecule has 0 amide bonds. The first-order chi connectivity index (χ1) is 7.79. The Morgan fingerprint density at radius 1 is 1.44 bits per heavy atom. The van der Waals surface area contributed by atoms with Crippen molar-refractivity contribution in [1.82, 2.24) is 0 Å². The van der Waals surface area contributed by atoms with Gasteiger partial charge in [0.05, 0.1) is 13.2 Å². The van der Waals surface area contributed by atoms with E-state index in [0.717, 1.165) is 41.8 Å². The van der Waals surface area contributed by atoms with Gasteiger partial charge in [0.25, 0.3) is 0 Å². The molecule has 1 fully saturated rings. The van der Waals surface area contributed by atoms with Crippen molar-refractivity contribution in [2.24, 2.45) is 5.92 Å². The van der Waals surface area contributed by atoms with Crippen molar-refractivity contribution in [2.45, 2.75) is 11.8 Å². The molecule has 1 aliphatic heterocycles. The number of benzene rings is 1. The van der Waals surface area contributed by atoms with Crippen molar-refractivity contribution in [3.05, 3.63) is 28.2 Å². The summed E-state index contributed by atoms with van der Waals surface area (Å²) in [5, 5.41) is 0.831. The molecule has 0 radical (unpaired) electrons. The van der Waals surface area contributed by atoms with Gasteiger partial charge in [-0.15, -0.1) is 0 Å². The highest BCUT2D eigenvalue weighted by atomic mass is 79.9. The Bertz CT molecular complexity index is 349. The van der Waals surface area contributed by atoms with Gasteiger partial charge in [0, 0.05) is 22.3 Å². The van der Waals surface area contributed by atoms with Gasteiger partial charge in [0.15, 0.2) is 0 Å². The molecule has 1 unspecified atom stereocenters. The first kappa shape index (κ1) is 12.4. The minimum absolute atomic E-state index is 0.552. The molecule has 0 aromatic heterocycles. The van der Waals surface area contributed by atoms with Crippen LogP contribution in [0, 0.1) is 5.92 Å². The summed E-state index contributed by atoms with van der Waals surface area (Å²) in [6.45, 7) is 2.46. The number of rotatable bonds is 4. The maximum absolute atomic E-state index is 5.77. The summed E-state index contributed by atoms with van der Waals surface area (Å²) in [4.78, 5) is 0. The third kappa shape index (κ3) is 3.22. The molecule has 2 nitrogen and oxygen atoms in total. The van der Waals surface area contributed by atoms with E-state index in [2.05, 4.69) is 37.9 Å². The lowest BCUT2D eigenvalue weighted by Gasteiger charge is -2.11. The molecule has 1 saturated heterocycles. The van der Waals surface area contributed by atoms with Gasteiger partial charge in [-0.2, -0.15) is 0 Å². The minimum Gasteiger partial charge on any atom is -0.493 e. The second kappa shape index (κ2) is 6.03. The first-order valence-electron chi connectivity index (χ1n) is 5.34. The number of hydrogen-bond donors (Lipinski definition) is 0. The van der Waals surface area contributed by atoms with Gasteiger partial charge in [0.2, 0.25) is 0 Å². The highest BCUT2D eigenvalue weighted by molar-refractivity contribution is 9.10. The smallest absolute Gasteiger partial charge is 0.119 e. The van der Waals surface area contributed by atoms with Gasteiger partial charge in [-0.3, -0.25) is 0 Å². The molecule has 4 heteroatoms. The molecule has 0 aliphatic carbocycles. The largest absolute Gasteiger partial charge is 0.493 e. The van der Waals surface area contributed by atoms with Gasteiger partial charge in [-0.05, 0) is 30.2 Å². The molecule has 0 bridgehead atoms. The third-order valence-electron chi connectivity index (χ3n) is 2.67. The van der Waals surface area contributed by atoms with Crippen molar-refractivity contribution >= 4 is 31.9 Å². The van der Waals surface area contributed by atoms with Crippen molar-refractivity contribution in [1.29, 1.82) is 0 Å². The summed E-state index contributed by atoms with van der Waals surface area (Å²) in [6, 6.07) is 6.08. The van der Waals surface area contributed by atoms with E-state index in [-0.39, 0.29) is 0 Å². The second-order valence-electron chi connectivity index (χ2n) is 3.93. The third-order valence-corrected chi connectivity index (χ3v) is 4.05. The van der Waals surface area contributed by atoms with Gasteiger partial charge in [-0.1, -0.05) is 31.9 Å². The van der Waals surface area contributed by atoms with Crippen LogP contribution in [0.2, 0.25) is 0 Å². The molecule has 0 N–H and O–H groups in total. The molecule has 2 rings (SSSR count). The Hall–Kier alpha value is -0.0600. The van der Waals surface area contributed by atoms with Crippen molar-refractivity contribution in [3.8, 4) is 5.75 Å². The summed E-state index contributed by atoms with van der Waals surface area (Å²) in [7, 11) is 0. The highest BCUT2D eigenvalue weighted by Crippen LogP contribution is 2.25. The Labute approximate surface area is 113 Å². The molecule has 88 valence electrons. The van der Waals surface area contributed by atoms with Crippen LogP contribution in [0.15, 0.2) is 22.7 Å². The predicted molar refractivity (Wildman–Crippen MR) is 71.2 cm³/mol. The molecule has 0 saturated carbocycles. The lowest BCUT2D eigenvalue weighted by Crippen LogP contribution is -2.11. The van der Waals surface area contributed by atoms with E-state index >= 15 is 0 Å². The molecular weight excluding hydrogens is 336 g/mol. The Kier molecular flexibility index (Phi) is 4.67. The minimum atomic E-state index is 0.552. The maximum atomic E-state index is 5.77. The molecule has 1 heterocycles. The predicted octanol–water partition coefficient (Wildman–Crippen LogP) is 3.76. The Morgan fingerprint density at radius 2 is 2.31 bits per heavy atom. The van der Waals surface area contributed by atoms with Gasteiger partial charge in [-0.25, -0.2) is 0 Å². The van der Waals surface area contributed by atoms with Crippen LogP contribution < -0.4 is 4.74 Å². The summed E-state index contributed by atoms with van der Waals surface area (Å²) < 4.78 is 12.2. The van der Waals surface area contributed by atoms with E-state index in [0.29, 0.717) is 5.92 Å². The fraction of sp³-hybridized carbons (Fsp3) is 0.500. The van der Waals surface area contributed by atoms with Crippen LogP contribution in [0.4, 0.5) is 0 Å². The summed E-state index contributed by atoms with van der Waals surface area (Å²) >= 11 is 6.96. The number of alkyl halides is 1. The number of halogens is 2. The second-order valence-corrected chi connectivity index (χ2v) is 5.34. The average molecular weight is 350 g/mol. The SMILES string of the molecule is BrCc1cc(OCC2CCOC2)ccc1Br. The van der Waals surface area contributed by atoms with E-state index in [1.165, 1.54) is 5.56 Å². The summed E-state index contributed by atoms with van der Waals surface area (Å²) in [6.07, 6.45) is 1.11. The van der Waals surface area contributed by atoms with E-state index in [1.807, 2.05) is 12.1 Å². The monoisotopic (exact) mass is 348 g/mol. The van der Waals surface area contributed by atoms with Crippen LogP contribution >= 0.6 is 31.9 Å². The van der Waals surface area contributed by atoms with Crippen molar-refractivity contribution in [2.75, 3.05) is 19.8 Å². The molecule has 0 spiro atoms. The molecule has 1 aromatic rings. The topological polar surface area (TPSA) is 18.5 Å². The fourth-order valence-electron chi connectivity index (χ4n) is 1.67. The van der Waals surface area contributed by atoms with E-state index in [9.17, 15) is 0 Å². The maximum Gasteiger partial charge on any atom is 0.119 e. The summed E-state index contributed by atoms with van der Waals surface area (Å²) in [5.74, 6) is 1.49. The van der Waals surface area contributed by atoms with E-state index < -0.39 is 0 Å². The zero-order valence-electron chi connectivity index (χ0n) is 8.92. The molecular formula is C12H14Br2O2. The van der Waals surface area contributed by atoms with E-state index in [4.69, 9.17) is 9.47 Å². The van der Waals surface area contributed by atoms with Crippen molar-refractivity contribution < 1.29 is 9.47 Å². The Balaban J connectivity index is 1.93. The quantitative estimate of drug-likeness (QED) is 0.770. The van der Waals surface area contributed by atoms with Gasteiger partial charge < -0.3 is 9.47 Å². The standard InChI is InChI=1S/C12H14Br2O2/c13-6-10-5-11(1-2-12(10)14)16-8-9-3-4-15-7-9/h1-2,5,9H,3-4,6-8H2. The highest BCUT2D eigenvalue weighted by Gasteiger charge is 2.16. The molecule has 1 aromatic carbocycles. The average Bonchev–Trinajstić information content (AvgIpc) is 2.81. The van der Waals surface area contributed by atoms with Crippen LogP contribution in [-0.4, -0.2) is 19.8 Å². The van der Waals surface area contributed by atoms with Crippen LogP contribution in [0.25, 0.3) is 0 Å². The zero-order chi connectivity index (χ0) is 11.4. The summed E-state index contributed by atoms with van der Waals surface area (Å²) in [5.41, 5.74) is 1.21. The van der Waals surface area contributed by atoms with Crippen LogP contribution in [-0.2, 0) is 10.1 Å². The van der Waals surface area contributed by atoms with Crippen LogP contribution in [0.1, 0.15) is 12.0 Å². The molecule has 1 aliphatic rings. The number of ether oxygens (including phenoxy) is 2. The zero-order valence-corrected chi connectivity index (χ0v) is 12.1. The van der Waals surface area contributed by atoms with Crippen molar-refractivity contribution in [3.63, 3.8) is 0 Å². The lowest BCUT2D eigenvalue weighted by atomic mass is 10.1. The Morgan fingerprint density at radius 3 is 3.00 bits per heavy atom. The normalized spacial score (nSPS) is 20.0. The first-order valence-corrected chi connectivity index (χ1v) is 7.26. The number of hydrogen-bond acceptors (Lipinski definition) is 2. The molecule has 1 atom stereocenters.